The second kappa shape index (κ2) is 7.76. The molecule has 0 saturated heterocycles. The van der Waals surface area contributed by atoms with Crippen LogP contribution in [0.5, 0.6) is 5.75 Å². The highest BCUT2D eigenvalue weighted by atomic mass is 19.3. The van der Waals surface area contributed by atoms with Gasteiger partial charge in [-0.1, -0.05) is 12.1 Å². The highest BCUT2D eigenvalue weighted by Gasteiger charge is 2.17. The van der Waals surface area contributed by atoms with Crippen LogP contribution >= 0.6 is 0 Å². The van der Waals surface area contributed by atoms with Gasteiger partial charge in [0.1, 0.15) is 11.8 Å². The molecule has 1 rings (SSSR count). The zero-order chi connectivity index (χ0) is 15.1. The van der Waals surface area contributed by atoms with E-state index in [1.165, 1.54) is 24.3 Å². The molecular weight excluding hydrogens is 268 g/mol. The summed E-state index contributed by atoms with van der Waals surface area (Å²) >= 11 is 0. The van der Waals surface area contributed by atoms with Crippen LogP contribution in [0.4, 0.5) is 8.78 Å². The molecule has 0 aliphatic carbocycles. The van der Waals surface area contributed by atoms with Crippen LogP contribution in [0.3, 0.4) is 0 Å². The number of ether oxygens (including phenoxy) is 1. The SMILES string of the molecule is CN(C)CCNC(C(N)=O)c1ccc(OC(F)F)cc1. The van der Waals surface area contributed by atoms with Crippen molar-refractivity contribution in [3.8, 4) is 5.75 Å². The van der Waals surface area contributed by atoms with Crippen molar-refractivity contribution in [3.63, 3.8) is 0 Å². The molecule has 1 aromatic carbocycles. The molecule has 5 nitrogen and oxygen atoms in total. The molecule has 0 spiro atoms. The van der Waals surface area contributed by atoms with Crippen molar-refractivity contribution in [3.05, 3.63) is 29.8 Å². The number of hydrogen-bond acceptors (Lipinski definition) is 4. The Labute approximate surface area is 116 Å². The zero-order valence-corrected chi connectivity index (χ0v) is 11.5. The number of halogens is 2. The molecule has 0 heterocycles. The molecular formula is C13H19F2N3O2. The molecule has 1 atom stereocenters. The Morgan fingerprint density at radius 3 is 2.40 bits per heavy atom. The van der Waals surface area contributed by atoms with E-state index >= 15 is 0 Å². The van der Waals surface area contributed by atoms with Gasteiger partial charge in [-0.3, -0.25) is 4.79 Å². The molecule has 0 radical (unpaired) electrons. The largest absolute Gasteiger partial charge is 0.435 e. The third-order valence-corrected chi connectivity index (χ3v) is 2.63. The van der Waals surface area contributed by atoms with E-state index in [0.717, 1.165) is 6.54 Å². The fraction of sp³-hybridized carbons (Fsp3) is 0.462. The quantitative estimate of drug-likeness (QED) is 0.747. The maximum absolute atomic E-state index is 12.0. The summed E-state index contributed by atoms with van der Waals surface area (Å²) < 4.78 is 28.3. The predicted octanol–water partition coefficient (Wildman–Crippen LogP) is 0.966. The average molecular weight is 287 g/mol. The highest BCUT2D eigenvalue weighted by molar-refractivity contribution is 5.81. The van der Waals surface area contributed by atoms with E-state index in [2.05, 4.69) is 10.1 Å². The highest BCUT2D eigenvalue weighted by Crippen LogP contribution is 2.19. The fourth-order valence-electron chi connectivity index (χ4n) is 1.66. The maximum Gasteiger partial charge on any atom is 0.387 e. The van der Waals surface area contributed by atoms with E-state index < -0.39 is 18.6 Å². The minimum Gasteiger partial charge on any atom is -0.435 e. The smallest absolute Gasteiger partial charge is 0.387 e. The molecule has 0 fully saturated rings. The van der Waals surface area contributed by atoms with Crippen molar-refractivity contribution >= 4 is 5.91 Å². The van der Waals surface area contributed by atoms with E-state index in [4.69, 9.17) is 5.73 Å². The Hall–Kier alpha value is -1.73. The van der Waals surface area contributed by atoms with Crippen molar-refractivity contribution in [2.45, 2.75) is 12.7 Å². The van der Waals surface area contributed by atoms with E-state index in [9.17, 15) is 13.6 Å². The average Bonchev–Trinajstić information content (AvgIpc) is 2.34. The van der Waals surface area contributed by atoms with Gasteiger partial charge in [0.2, 0.25) is 5.91 Å². The monoisotopic (exact) mass is 287 g/mol. The number of primary amides is 1. The van der Waals surface area contributed by atoms with Crippen molar-refractivity contribution in [2.24, 2.45) is 5.73 Å². The molecule has 0 saturated carbocycles. The summed E-state index contributed by atoms with van der Waals surface area (Å²) in [7, 11) is 3.83. The lowest BCUT2D eigenvalue weighted by molar-refractivity contribution is -0.120. The molecule has 0 aliphatic rings. The number of carbonyl (C=O) groups excluding carboxylic acids is 1. The first-order valence-electron chi connectivity index (χ1n) is 6.12. The Bertz CT molecular complexity index is 424. The maximum atomic E-state index is 12.0. The predicted molar refractivity (Wildman–Crippen MR) is 71.6 cm³/mol. The molecule has 0 aromatic heterocycles. The number of likely N-dealkylation sites (N-methyl/N-ethyl adjacent to an activating group) is 1. The van der Waals surface area contributed by atoms with E-state index in [1.807, 2.05) is 19.0 Å². The van der Waals surface area contributed by atoms with Crippen LogP contribution in [0.15, 0.2) is 24.3 Å². The molecule has 3 N–H and O–H groups in total. The number of amides is 1. The van der Waals surface area contributed by atoms with Gasteiger partial charge in [-0.15, -0.1) is 0 Å². The molecule has 1 amide bonds. The van der Waals surface area contributed by atoms with Crippen LogP contribution in [0.25, 0.3) is 0 Å². The van der Waals surface area contributed by atoms with Gasteiger partial charge in [-0.05, 0) is 31.8 Å². The number of rotatable bonds is 8. The molecule has 112 valence electrons. The third kappa shape index (κ3) is 5.50. The molecule has 0 aliphatic heterocycles. The summed E-state index contributed by atoms with van der Waals surface area (Å²) in [6.07, 6.45) is 0. The number of hydrogen-bond donors (Lipinski definition) is 2. The topological polar surface area (TPSA) is 67.6 Å². The summed E-state index contributed by atoms with van der Waals surface area (Å²) in [6, 6.07) is 5.18. The number of alkyl halides is 2. The standard InChI is InChI=1S/C13H19F2N3O2/c1-18(2)8-7-17-11(12(16)19)9-3-5-10(6-4-9)20-13(14)15/h3-6,11,13,17H,7-8H2,1-2H3,(H2,16,19). The first-order chi connectivity index (χ1) is 9.40. The van der Waals surface area contributed by atoms with Crippen LogP contribution in [-0.4, -0.2) is 44.6 Å². The van der Waals surface area contributed by atoms with Gasteiger partial charge in [0, 0.05) is 13.1 Å². The van der Waals surface area contributed by atoms with Crippen molar-refractivity contribution in [1.82, 2.24) is 10.2 Å². The zero-order valence-electron chi connectivity index (χ0n) is 11.5. The van der Waals surface area contributed by atoms with Gasteiger partial charge in [0.15, 0.2) is 0 Å². The lowest BCUT2D eigenvalue weighted by Gasteiger charge is -2.18. The molecule has 0 bridgehead atoms. The lowest BCUT2D eigenvalue weighted by atomic mass is 10.1. The van der Waals surface area contributed by atoms with Crippen molar-refractivity contribution in [1.29, 1.82) is 0 Å². The first-order valence-corrected chi connectivity index (χ1v) is 6.12. The number of carbonyl (C=O) groups is 1. The van der Waals surface area contributed by atoms with Crippen LogP contribution in [0, 0.1) is 0 Å². The van der Waals surface area contributed by atoms with E-state index in [1.54, 1.807) is 0 Å². The fourth-order valence-corrected chi connectivity index (χ4v) is 1.66. The Morgan fingerprint density at radius 2 is 1.95 bits per heavy atom. The summed E-state index contributed by atoms with van der Waals surface area (Å²) in [4.78, 5) is 13.4. The number of nitrogens with two attached hydrogens (primary N) is 1. The van der Waals surface area contributed by atoms with Gasteiger partial charge in [-0.2, -0.15) is 8.78 Å². The number of nitrogens with one attached hydrogen (secondary N) is 1. The van der Waals surface area contributed by atoms with E-state index in [-0.39, 0.29) is 5.75 Å². The minimum absolute atomic E-state index is 0.0419. The normalized spacial score (nSPS) is 12.7. The first kappa shape index (κ1) is 16.3. The van der Waals surface area contributed by atoms with Gasteiger partial charge < -0.3 is 20.7 Å². The lowest BCUT2D eigenvalue weighted by Crippen LogP contribution is -2.37. The van der Waals surface area contributed by atoms with Gasteiger partial charge in [0.25, 0.3) is 0 Å². The molecule has 1 aromatic rings. The van der Waals surface area contributed by atoms with Gasteiger partial charge in [-0.25, -0.2) is 0 Å². The summed E-state index contributed by atoms with van der Waals surface area (Å²) in [6.45, 7) is -1.54. The summed E-state index contributed by atoms with van der Waals surface area (Å²) in [5.41, 5.74) is 5.95. The van der Waals surface area contributed by atoms with Crippen molar-refractivity contribution in [2.75, 3.05) is 27.2 Å². The van der Waals surface area contributed by atoms with Crippen molar-refractivity contribution < 1.29 is 18.3 Å². The second-order valence-electron chi connectivity index (χ2n) is 4.54. The summed E-state index contributed by atoms with van der Waals surface area (Å²) in [5, 5.41) is 3.02. The number of benzene rings is 1. The number of nitrogens with zero attached hydrogens (tertiary/aromatic N) is 1. The van der Waals surface area contributed by atoms with E-state index in [0.29, 0.717) is 12.1 Å². The van der Waals surface area contributed by atoms with Crippen LogP contribution < -0.4 is 15.8 Å². The van der Waals surface area contributed by atoms with Gasteiger partial charge >= 0.3 is 6.61 Å². The van der Waals surface area contributed by atoms with Crippen LogP contribution in [-0.2, 0) is 4.79 Å². The Balaban J connectivity index is 2.69. The minimum atomic E-state index is -2.87. The molecule has 20 heavy (non-hydrogen) atoms. The molecule has 1 unspecified atom stereocenters. The third-order valence-electron chi connectivity index (χ3n) is 2.63. The molecule has 7 heteroatoms. The second-order valence-corrected chi connectivity index (χ2v) is 4.54. The summed E-state index contributed by atoms with van der Waals surface area (Å²) in [5.74, 6) is -0.480. The Morgan fingerprint density at radius 1 is 1.35 bits per heavy atom. The van der Waals surface area contributed by atoms with Crippen LogP contribution in [0.1, 0.15) is 11.6 Å². The Kier molecular flexibility index (Phi) is 6.33. The van der Waals surface area contributed by atoms with Gasteiger partial charge in [0.05, 0.1) is 0 Å². The van der Waals surface area contributed by atoms with Crippen LogP contribution in [0.2, 0.25) is 0 Å².